The summed E-state index contributed by atoms with van der Waals surface area (Å²) in [5, 5.41) is 11.9. The molecule has 0 saturated heterocycles. The number of carboxylic acids is 1. The fourth-order valence-corrected chi connectivity index (χ4v) is 3.79. The first-order valence-corrected chi connectivity index (χ1v) is 8.44. The molecule has 1 saturated carbocycles. The van der Waals surface area contributed by atoms with Gasteiger partial charge in [0, 0.05) is 11.4 Å². The van der Waals surface area contributed by atoms with Gasteiger partial charge in [-0.25, -0.2) is 0 Å². The molecule has 0 aliphatic heterocycles. The van der Waals surface area contributed by atoms with E-state index >= 15 is 0 Å². The van der Waals surface area contributed by atoms with Crippen LogP contribution in [0.4, 0.5) is 17.6 Å². The van der Waals surface area contributed by atoms with Gasteiger partial charge in [0.2, 0.25) is 0 Å². The Bertz CT molecular complexity index is 750. The van der Waals surface area contributed by atoms with Crippen molar-refractivity contribution in [2.45, 2.75) is 33.5 Å². The highest BCUT2D eigenvalue weighted by Crippen LogP contribution is 2.71. The lowest BCUT2D eigenvalue weighted by Crippen LogP contribution is -2.38. The van der Waals surface area contributed by atoms with Gasteiger partial charge in [-0.1, -0.05) is 43.1 Å². The number of rotatable bonds is 8. The molecule has 0 spiro atoms. The van der Waals surface area contributed by atoms with Crippen molar-refractivity contribution in [2.24, 2.45) is 16.7 Å². The van der Waals surface area contributed by atoms with E-state index in [4.69, 9.17) is 23.2 Å². The summed E-state index contributed by atoms with van der Waals surface area (Å²) in [6, 6.07) is 3.33. The molecule has 4 nitrogen and oxygen atoms in total. The van der Waals surface area contributed by atoms with Crippen LogP contribution in [0, 0.1) is 16.7 Å². The van der Waals surface area contributed by atoms with E-state index in [0.717, 1.165) is 12.1 Å². The molecule has 10 heteroatoms. The minimum Gasteiger partial charge on any atom is -0.549 e. The van der Waals surface area contributed by atoms with Crippen LogP contribution >= 0.6 is 23.2 Å². The summed E-state index contributed by atoms with van der Waals surface area (Å²) in [4.78, 5) is 11.9. The number of alkyl halides is 4. The molecular formula is C17H15Cl2F4O4-. The van der Waals surface area contributed by atoms with Crippen molar-refractivity contribution < 1.29 is 36.9 Å². The maximum absolute atomic E-state index is 12.6. The van der Waals surface area contributed by atoms with E-state index in [1.54, 1.807) is 13.8 Å². The maximum Gasteiger partial charge on any atom is 0.387 e. The molecule has 1 aromatic rings. The molecule has 0 amide bonds. The van der Waals surface area contributed by atoms with Crippen LogP contribution in [-0.4, -0.2) is 19.2 Å². The quantitative estimate of drug-likeness (QED) is 0.582. The lowest BCUT2D eigenvalue weighted by Gasteiger charge is -2.22. The Balaban J connectivity index is 2.40. The number of hydrogen-bond donors (Lipinski definition) is 0. The van der Waals surface area contributed by atoms with Crippen LogP contribution in [0.15, 0.2) is 28.8 Å². The first kappa shape index (κ1) is 21.6. The minimum absolute atomic E-state index is 0.112. The highest BCUT2D eigenvalue weighted by molar-refractivity contribution is 6.55. The average molecular weight is 430 g/mol. The molecule has 0 radical (unpaired) electrons. The summed E-state index contributed by atoms with van der Waals surface area (Å²) in [5.74, 6) is -3.16. The van der Waals surface area contributed by atoms with Crippen molar-refractivity contribution in [3.8, 4) is 11.5 Å². The van der Waals surface area contributed by atoms with Gasteiger partial charge in [0.25, 0.3) is 0 Å². The number of allylic oxidation sites excluding steroid dienone is 1. The highest BCUT2D eigenvalue weighted by atomic mass is 35.5. The van der Waals surface area contributed by atoms with Crippen LogP contribution in [0.1, 0.15) is 19.4 Å². The fourth-order valence-electron chi connectivity index (χ4n) is 3.54. The number of carbonyl (C=O) groups is 1. The lowest BCUT2D eigenvalue weighted by atomic mass is 9.88. The SMILES string of the molecule is CC1(C)C(C=C(Cl)Cl)C1(Cc1ccc(OC(F)F)c(OC(F)F)c1)C(=O)[O-]. The van der Waals surface area contributed by atoms with Crippen molar-refractivity contribution in [3.05, 3.63) is 34.3 Å². The first-order chi connectivity index (χ1) is 12.4. The van der Waals surface area contributed by atoms with E-state index in [-0.39, 0.29) is 16.5 Å². The van der Waals surface area contributed by atoms with Gasteiger partial charge >= 0.3 is 13.2 Å². The zero-order chi connectivity index (χ0) is 20.6. The zero-order valence-corrected chi connectivity index (χ0v) is 15.7. The summed E-state index contributed by atoms with van der Waals surface area (Å²) >= 11 is 11.3. The van der Waals surface area contributed by atoms with Crippen LogP contribution in [0.2, 0.25) is 0 Å². The molecule has 0 bridgehead atoms. The third-order valence-electron chi connectivity index (χ3n) is 4.95. The van der Waals surface area contributed by atoms with Crippen molar-refractivity contribution >= 4 is 29.2 Å². The summed E-state index contributed by atoms with van der Waals surface area (Å²) < 4.78 is 58.2. The van der Waals surface area contributed by atoms with Crippen molar-refractivity contribution in [1.29, 1.82) is 0 Å². The normalized spacial score (nSPS) is 23.3. The Hall–Kier alpha value is -1.67. The van der Waals surface area contributed by atoms with Crippen LogP contribution < -0.4 is 14.6 Å². The standard InChI is InChI=1S/C17H16Cl2F4O4/c1-16(2)11(6-12(18)19)17(16,13(24)25)7-8-3-4-9(26-14(20)21)10(5-8)27-15(22)23/h3-6,11,14-15H,7H2,1-2H3,(H,24,25)/p-1. The van der Waals surface area contributed by atoms with Crippen molar-refractivity contribution in [3.63, 3.8) is 0 Å². The number of ether oxygens (including phenoxy) is 2. The minimum atomic E-state index is -3.28. The molecular weight excluding hydrogens is 415 g/mol. The molecule has 2 rings (SSSR count). The summed E-state index contributed by atoms with van der Waals surface area (Å²) in [5.41, 5.74) is -1.94. The Kier molecular flexibility index (Phi) is 6.21. The van der Waals surface area contributed by atoms with Gasteiger partial charge in [-0.15, -0.1) is 0 Å². The average Bonchev–Trinajstić information content (AvgIpc) is 2.96. The number of aliphatic carboxylic acids is 1. The topological polar surface area (TPSA) is 58.6 Å². The summed E-state index contributed by atoms with van der Waals surface area (Å²) in [6.45, 7) is -3.18. The molecule has 27 heavy (non-hydrogen) atoms. The van der Waals surface area contributed by atoms with E-state index < -0.39 is 47.4 Å². The van der Waals surface area contributed by atoms with E-state index in [1.807, 2.05) is 0 Å². The van der Waals surface area contributed by atoms with Crippen LogP contribution in [-0.2, 0) is 11.2 Å². The van der Waals surface area contributed by atoms with Gasteiger partial charge in [-0.05, 0) is 41.5 Å². The lowest BCUT2D eigenvalue weighted by molar-refractivity contribution is -0.315. The Morgan fingerprint density at radius 2 is 1.74 bits per heavy atom. The second-order valence-corrected chi connectivity index (χ2v) is 7.64. The van der Waals surface area contributed by atoms with Gasteiger partial charge < -0.3 is 19.4 Å². The van der Waals surface area contributed by atoms with Gasteiger partial charge in [0.15, 0.2) is 11.5 Å². The molecule has 1 aromatic carbocycles. The number of benzene rings is 1. The zero-order valence-electron chi connectivity index (χ0n) is 14.1. The Labute approximate surface area is 162 Å². The summed E-state index contributed by atoms with van der Waals surface area (Å²) in [7, 11) is 0. The molecule has 1 fully saturated rings. The Morgan fingerprint density at radius 1 is 1.19 bits per heavy atom. The van der Waals surface area contributed by atoms with E-state index in [9.17, 15) is 27.5 Å². The van der Waals surface area contributed by atoms with Gasteiger partial charge in [-0.2, -0.15) is 17.6 Å². The maximum atomic E-state index is 12.6. The predicted molar refractivity (Wildman–Crippen MR) is 87.9 cm³/mol. The third-order valence-corrected chi connectivity index (χ3v) is 5.21. The van der Waals surface area contributed by atoms with Crippen LogP contribution in [0.5, 0.6) is 11.5 Å². The van der Waals surface area contributed by atoms with Crippen LogP contribution in [0.25, 0.3) is 0 Å². The highest BCUT2D eigenvalue weighted by Gasteiger charge is 2.70. The molecule has 0 heterocycles. The third kappa shape index (κ3) is 4.27. The van der Waals surface area contributed by atoms with Gasteiger partial charge in [0.1, 0.15) is 4.49 Å². The number of hydrogen-bond acceptors (Lipinski definition) is 4. The smallest absolute Gasteiger partial charge is 0.387 e. The van der Waals surface area contributed by atoms with Crippen molar-refractivity contribution in [1.82, 2.24) is 0 Å². The molecule has 0 N–H and O–H groups in total. The molecule has 2 unspecified atom stereocenters. The monoisotopic (exact) mass is 429 g/mol. The fraction of sp³-hybridized carbons (Fsp3) is 0.471. The summed E-state index contributed by atoms with van der Waals surface area (Å²) in [6.07, 6.45) is 1.24. The number of carboxylic acid groups (broad SMARTS) is 1. The number of carbonyl (C=O) groups excluding carboxylic acids is 1. The molecule has 1 aliphatic rings. The molecule has 0 aromatic heterocycles. The van der Waals surface area contributed by atoms with E-state index in [2.05, 4.69) is 9.47 Å². The molecule has 1 aliphatic carbocycles. The van der Waals surface area contributed by atoms with Crippen molar-refractivity contribution in [2.75, 3.05) is 0 Å². The molecule has 2 atom stereocenters. The van der Waals surface area contributed by atoms with E-state index in [1.165, 1.54) is 12.1 Å². The molecule has 150 valence electrons. The largest absolute Gasteiger partial charge is 0.549 e. The Morgan fingerprint density at radius 3 is 2.22 bits per heavy atom. The first-order valence-electron chi connectivity index (χ1n) is 7.68. The second kappa shape index (κ2) is 7.75. The van der Waals surface area contributed by atoms with Gasteiger partial charge in [-0.3, -0.25) is 0 Å². The second-order valence-electron chi connectivity index (χ2n) is 6.63. The predicted octanol–water partition coefficient (Wildman–Crippen LogP) is 4.14. The van der Waals surface area contributed by atoms with Crippen LogP contribution in [0.3, 0.4) is 0 Å². The van der Waals surface area contributed by atoms with E-state index in [0.29, 0.717) is 0 Å². The van der Waals surface area contributed by atoms with Gasteiger partial charge in [0.05, 0.1) is 0 Å². The number of halogens is 6.